The van der Waals surface area contributed by atoms with E-state index in [1.165, 1.54) is 29.4 Å². The molecular weight excluding hydrogens is 206 g/mol. The van der Waals surface area contributed by atoms with Gasteiger partial charge in [0.2, 0.25) is 0 Å². The Morgan fingerprint density at radius 2 is 2.12 bits per heavy atom. The van der Waals surface area contributed by atoms with Crippen LogP contribution in [-0.4, -0.2) is 4.98 Å². The van der Waals surface area contributed by atoms with Crippen molar-refractivity contribution in [3.8, 4) is 0 Å². The monoisotopic (exact) mass is 223 g/mol. The molecule has 1 fully saturated rings. The molecular formula is C16H17N. The maximum absolute atomic E-state index is 4.49. The minimum Gasteiger partial charge on any atom is -0.256 e. The number of benzene rings is 1. The third-order valence-electron chi connectivity index (χ3n) is 3.75. The highest BCUT2D eigenvalue weighted by Gasteiger charge is 2.40. The van der Waals surface area contributed by atoms with Gasteiger partial charge in [0.05, 0.1) is 5.52 Å². The number of hydrogen-bond acceptors (Lipinski definition) is 1. The zero-order chi connectivity index (χ0) is 11.9. The van der Waals surface area contributed by atoms with Gasteiger partial charge in [-0.15, -0.1) is 0 Å². The summed E-state index contributed by atoms with van der Waals surface area (Å²) in [7, 11) is 0. The van der Waals surface area contributed by atoms with Crippen molar-refractivity contribution in [1.29, 1.82) is 0 Å². The Morgan fingerprint density at radius 1 is 1.29 bits per heavy atom. The lowest BCUT2D eigenvalue weighted by atomic mass is 9.92. The van der Waals surface area contributed by atoms with Crippen molar-refractivity contribution < 1.29 is 0 Å². The summed E-state index contributed by atoms with van der Waals surface area (Å²) in [6, 6.07) is 8.73. The molecule has 1 aliphatic rings. The Balaban J connectivity index is 2.29. The molecule has 0 amide bonds. The second kappa shape index (κ2) is 3.69. The fraction of sp³-hybridized carbons (Fsp3) is 0.312. The van der Waals surface area contributed by atoms with Crippen LogP contribution in [0.15, 0.2) is 36.5 Å². The highest BCUT2D eigenvalue weighted by Crippen LogP contribution is 2.49. The Labute approximate surface area is 102 Å². The standard InChI is InChI=1S/C16H17N/c1-3-5-12-10-14(16(2)7-8-16)13-6-4-9-17-15(13)11-12/h3-6,9-11H,7-8H2,1-2H3/b5-3-. The molecule has 1 nitrogen and oxygen atoms in total. The van der Waals surface area contributed by atoms with Crippen molar-refractivity contribution in [2.45, 2.75) is 32.1 Å². The van der Waals surface area contributed by atoms with Gasteiger partial charge in [-0.25, -0.2) is 0 Å². The van der Waals surface area contributed by atoms with Crippen molar-refractivity contribution in [1.82, 2.24) is 4.98 Å². The fourth-order valence-corrected chi connectivity index (χ4v) is 2.45. The first kappa shape index (κ1) is 10.5. The maximum Gasteiger partial charge on any atom is 0.0710 e. The molecule has 0 N–H and O–H groups in total. The van der Waals surface area contributed by atoms with Crippen LogP contribution < -0.4 is 0 Å². The number of fused-ring (bicyclic) bond motifs is 1. The lowest BCUT2D eigenvalue weighted by Gasteiger charge is -2.13. The summed E-state index contributed by atoms with van der Waals surface area (Å²) >= 11 is 0. The molecule has 0 bridgehead atoms. The third-order valence-corrected chi connectivity index (χ3v) is 3.75. The topological polar surface area (TPSA) is 12.9 Å². The number of hydrogen-bond donors (Lipinski definition) is 0. The second-order valence-corrected chi connectivity index (χ2v) is 5.20. The molecule has 17 heavy (non-hydrogen) atoms. The number of pyridine rings is 1. The van der Waals surface area contributed by atoms with Crippen LogP contribution in [0.5, 0.6) is 0 Å². The van der Waals surface area contributed by atoms with Crippen LogP contribution in [0.2, 0.25) is 0 Å². The molecule has 1 aromatic carbocycles. The SMILES string of the molecule is C/C=C\c1cc(C2(C)CC2)c2cccnc2c1. The van der Waals surface area contributed by atoms with Crippen molar-refractivity contribution in [3.63, 3.8) is 0 Å². The van der Waals surface area contributed by atoms with E-state index in [0.29, 0.717) is 5.41 Å². The van der Waals surface area contributed by atoms with Gasteiger partial charge in [0.25, 0.3) is 0 Å². The van der Waals surface area contributed by atoms with Gasteiger partial charge in [0, 0.05) is 11.6 Å². The number of aromatic nitrogens is 1. The lowest BCUT2D eigenvalue weighted by Crippen LogP contribution is -2.01. The number of allylic oxidation sites excluding steroid dienone is 1. The van der Waals surface area contributed by atoms with Crippen molar-refractivity contribution in [3.05, 3.63) is 47.7 Å². The van der Waals surface area contributed by atoms with Gasteiger partial charge >= 0.3 is 0 Å². The third kappa shape index (κ3) is 1.76. The van der Waals surface area contributed by atoms with E-state index in [1.807, 2.05) is 12.3 Å². The summed E-state index contributed by atoms with van der Waals surface area (Å²) in [5.41, 5.74) is 4.24. The molecule has 86 valence electrons. The molecule has 1 heterocycles. The summed E-state index contributed by atoms with van der Waals surface area (Å²) in [4.78, 5) is 4.49. The molecule has 3 rings (SSSR count). The zero-order valence-corrected chi connectivity index (χ0v) is 10.4. The normalized spacial score (nSPS) is 17.8. The minimum atomic E-state index is 0.388. The first-order valence-electron chi connectivity index (χ1n) is 6.25. The average molecular weight is 223 g/mol. The molecule has 1 heteroatoms. The molecule has 2 aromatic rings. The Hall–Kier alpha value is -1.63. The van der Waals surface area contributed by atoms with Crippen LogP contribution in [-0.2, 0) is 5.41 Å². The number of rotatable bonds is 2. The predicted octanol–water partition coefficient (Wildman–Crippen LogP) is 4.32. The van der Waals surface area contributed by atoms with Gasteiger partial charge in [-0.05, 0) is 48.4 Å². The van der Waals surface area contributed by atoms with E-state index in [2.05, 4.69) is 49.2 Å². The molecule has 0 radical (unpaired) electrons. The molecule has 0 atom stereocenters. The van der Waals surface area contributed by atoms with Crippen molar-refractivity contribution >= 4 is 17.0 Å². The van der Waals surface area contributed by atoms with Crippen LogP contribution in [0.25, 0.3) is 17.0 Å². The van der Waals surface area contributed by atoms with Gasteiger partial charge in [-0.2, -0.15) is 0 Å². The molecule has 1 aromatic heterocycles. The molecule has 0 spiro atoms. The summed E-state index contributed by atoms with van der Waals surface area (Å²) < 4.78 is 0. The largest absolute Gasteiger partial charge is 0.256 e. The Kier molecular flexibility index (Phi) is 2.29. The predicted molar refractivity (Wildman–Crippen MR) is 73.0 cm³/mol. The minimum absolute atomic E-state index is 0.388. The van der Waals surface area contributed by atoms with E-state index < -0.39 is 0 Å². The van der Waals surface area contributed by atoms with Crippen molar-refractivity contribution in [2.24, 2.45) is 0 Å². The van der Waals surface area contributed by atoms with Gasteiger partial charge in [-0.1, -0.05) is 31.2 Å². The second-order valence-electron chi connectivity index (χ2n) is 5.20. The molecule has 1 aliphatic carbocycles. The molecule has 0 unspecified atom stereocenters. The summed E-state index contributed by atoms with van der Waals surface area (Å²) in [6.07, 6.45) is 8.72. The quantitative estimate of drug-likeness (QED) is 0.739. The Bertz CT molecular complexity index is 591. The van der Waals surface area contributed by atoms with E-state index in [0.717, 1.165) is 5.52 Å². The molecule has 1 saturated carbocycles. The maximum atomic E-state index is 4.49. The first-order valence-corrected chi connectivity index (χ1v) is 6.25. The van der Waals surface area contributed by atoms with Gasteiger partial charge < -0.3 is 0 Å². The highest BCUT2D eigenvalue weighted by molar-refractivity contribution is 5.86. The van der Waals surface area contributed by atoms with E-state index in [4.69, 9.17) is 0 Å². The van der Waals surface area contributed by atoms with Crippen LogP contribution in [0.4, 0.5) is 0 Å². The summed E-state index contributed by atoms with van der Waals surface area (Å²) in [5.74, 6) is 0. The van der Waals surface area contributed by atoms with E-state index in [9.17, 15) is 0 Å². The highest BCUT2D eigenvalue weighted by atomic mass is 14.6. The number of nitrogens with zero attached hydrogens (tertiary/aromatic N) is 1. The molecule has 0 aliphatic heterocycles. The van der Waals surface area contributed by atoms with E-state index in [-0.39, 0.29) is 0 Å². The zero-order valence-electron chi connectivity index (χ0n) is 10.4. The summed E-state index contributed by atoms with van der Waals surface area (Å²) in [5, 5.41) is 1.32. The van der Waals surface area contributed by atoms with Crippen LogP contribution in [0, 0.1) is 0 Å². The van der Waals surface area contributed by atoms with Crippen LogP contribution >= 0.6 is 0 Å². The fourth-order valence-electron chi connectivity index (χ4n) is 2.45. The van der Waals surface area contributed by atoms with Crippen LogP contribution in [0.1, 0.15) is 37.8 Å². The average Bonchev–Trinajstić information content (AvgIpc) is 3.08. The van der Waals surface area contributed by atoms with Crippen LogP contribution in [0.3, 0.4) is 0 Å². The van der Waals surface area contributed by atoms with E-state index in [1.54, 1.807) is 0 Å². The first-order chi connectivity index (χ1) is 8.23. The van der Waals surface area contributed by atoms with Gasteiger partial charge in [0.1, 0.15) is 0 Å². The molecule has 0 saturated heterocycles. The lowest BCUT2D eigenvalue weighted by molar-refractivity contribution is 0.796. The summed E-state index contributed by atoms with van der Waals surface area (Å²) in [6.45, 7) is 4.41. The van der Waals surface area contributed by atoms with Gasteiger partial charge in [0.15, 0.2) is 0 Å². The smallest absolute Gasteiger partial charge is 0.0710 e. The van der Waals surface area contributed by atoms with Gasteiger partial charge in [-0.3, -0.25) is 4.98 Å². The van der Waals surface area contributed by atoms with E-state index >= 15 is 0 Å². The van der Waals surface area contributed by atoms with Crippen molar-refractivity contribution in [2.75, 3.05) is 0 Å². The Morgan fingerprint density at radius 3 is 2.82 bits per heavy atom.